The fourth-order valence-corrected chi connectivity index (χ4v) is 2.62. The number of aliphatic hydroxyl groups excluding tert-OH is 1. The summed E-state index contributed by atoms with van der Waals surface area (Å²) in [6.07, 6.45) is 7.50. The van der Waals surface area contributed by atoms with Crippen LogP contribution < -0.4 is 11.2 Å². The van der Waals surface area contributed by atoms with Crippen LogP contribution in [0.3, 0.4) is 0 Å². The first kappa shape index (κ1) is 20.2. The molecular formula is C17H30N2O5S. The molecular weight excluding hydrogens is 344 g/mol. The maximum absolute atomic E-state index is 11.7. The van der Waals surface area contributed by atoms with Gasteiger partial charge in [-0.3, -0.25) is 14.3 Å². The summed E-state index contributed by atoms with van der Waals surface area (Å²) in [6, 6.07) is 1.31. The highest BCUT2D eigenvalue weighted by Gasteiger charge is 2.57. The molecule has 1 aliphatic carbocycles. The van der Waals surface area contributed by atoms with Gasteiger partial charge in [-0.05, 0) is 31.8 Å². The maximum Gasteiger partial charge on any atom is 0.330 e. The van der Waals surface area contributed by atoms with Gasteiger partial charge in [0, 0.05) is 22.4 Å². The Morgan fingerprint density at radius 1 is 1.36 bits per heavy atom. The summed E-state index contributed by atoms with van der Waals surface area (Å²) in [6.45, 7) is 6.14. The molecule has 0 amide bonds. The van der Waals surface area contributed by atoms with Gasteiger partial charge in [0.1, 0.15) is 6.23 Å². The van der Waals surface area contributed by atoms with Crippen molar-refractivity contribution >= 4 is 10.3 Å². The Morgan fingerprint density at radius 3 is 2.32 bits per heavy atom. The van der Waals surface area contributed by atoms with Gasteiger partial charge in [0.2, 0.25) is 0 Å². The van der Waals surface area contributed by atoms with Crippen molar-refractivity contribution < 1.29 is 14.4 Å². The predicted octanol–water partition coefficient (Wildman–Crippen LogP) is 1.92. The number of hydrogen-bond donors (Lipinski definition) is 3. The molecule has 2 fully saturated rings. The van der Waals surface area contributed by atoms with Crippen molar-refractivity contribution in [2.75, 3.05) is 19.1 Å². The molecule has 3 N–H and O–H groups in total. The van der Waals surface area contributed by atoms with Gasteiger partial charge in [0.25, 0.3) is 5.56 Å². The number of H-pyrrole nitrogens is 1. The Labute approximate surface area is 149 Å². The van der Waals surface area contributed by atoms with E-state index >= 15 is 0 Å². The van der Waals surface area contributed by atoms with E-state index < -0.39 is 21.6 Å². The van der Waals surface area contributed by atoms with E-state index in [1.54, 1.807) is 0 Å². The van der Waals surface area contributed by atoms with Gasteiger partial charge >= 0.3 is 5.69 Å². The average molecular weight is 375 g/mol. The molecule has 1 aromatic rings. The second-order valence-corrected chi connectivity index (χ2v) is 12.0. The zero-order valence-corrected chi connectivity index (χ0v) is 16.4. The number of aromatic amines is 1. The molecule has 0 aromatic carbocycles. The molecule has 2 atom stereocenters. The van der Waals surface area contributed by atoms with Crippen LogP contribution in [0.5, 0.6) is 0 Å². The Morgan fingerprint density at radius 2 is 1.92 bits per heavy atom. The van der Waals surface area contributed by atoms with Crippen molar-refractivity contribution in [1.29, 1.82) is 0 Å². The fourth-order valence-electron chi connectivity index (χ4n) is 2.62. The highest BCUT2D eigenvalue weighted by atomic mass is 32.3. The second-order valence-electron chi connectivity index (χ2n) is 8.26. The van der Waals surface area contributed by atoms with Gasteiger partial charge in [-0.1, -0.05) is 20.8 Å². The first-order valence-electron chi connectivity index (χ1n) is 8.43. The third-order valence-corrected chi connectivity index (χ3v) is 8.17. The quantitative estimate of drug-likeness (QED) is 0.733. The van der Waals surface area contributed by atoms with Crippen molar-refractivity contribution in [1.82, 2.24) is 9.55 Å². The lowest BCUT2D eigenvalue weighted by molar-refractivity contribution is -0.0390. The SMILES string of the molecule is CC(C)(C)S(C)(C)O.O=c1ccn([C@@H]2O[C@H](CO)CC23CC3)c(=O)[nH]1. The van der Waals surface area contributed by atoms with Crippen molar-refractivity contribution in [2.45, 2.75) is 57.1 Å². The molecule has 1 spiro atoms. The highest BCUT2D eigenvalue weighted by molar-refractivity contribution is 8.29. The molecule has 8 heteroatoms. The molecule has 0 bridgehead atoms. The molecule has 1 saturated carbocycles. The van der Waals surface area contributed by atoms with Crippen LogP contribution in [0.1, 0.15) is 46.3 Å². The monoisotopic (exact) mass is 374 g/mol. The summed E-state index contributed by atoms with van der Waals surface area (Å²) in [5, 5.41) is 9.13. The topological polar surface area (TPSA) is 105 Å². The minimum absolute atomic E-state index is 0.0184. The molecule has 2 aliphatic rings. The summed E-state index contributed by atoms with van der Waals surface area (Å²) >= 11 is 0. The van der Waals surface area contributed by atoms with Crippen LogP contribution in [0.4, 0.5) is 0 Å². The van der Waals surface area contributed by atoms with Crippen molar-refractivity contribution in [3.8, 4) is 0 Å². The minimum atomic E-state index is -1.34. The predicted molar refractivity (Wildman–Crippen MR) is 100 cm³/mol. The number of nitrogens with one attached hydrogen (secondary N) is 1. The van der Waals surface area contributed by atoms with Gasteiger partial charge in [-0.15, -0.1) is 10.3 Å². The van der Waals surface area contributed by atoms with Gasteiger partial charge in [0.05, 0.1) is 12.7 Å². The first-order valence-corrected chi connectivity index (χ1v) is 10.8. The first-order chi connectivity index (χ1) is 11.4. The molecule has 3 rings (SSSR count). The largest absolute Gasteiger partial charge is 0.394 e. The number of rotatable bonds is 2. The average Bonchev–Trinajstić information content (AvgIpc) is 3.13. The third-order valence-electron chi connectivity index (χ3n) is 5.18. The zero-order chi connectivity index (χ0) is 19.0. The smallest absolute Gasteiger partial charge is 0.330 e. The number of ether oxygens (including phenoxy) is 1. The summed E-state index contributed by atoms with van der Waals surface area (Å²) < 4.78 is 16.6. The Bertz CT molecular complexity index is 697. The van der Waals surface area contributed by atoms with E-state index in [4.69, 9.17) is 9.84 Å². The normalized spacial score (nSPS) is 25.4. The van der Waals surface area contributed by atoms with Crippen molar-refractivity contribution in [3.63, 3.8) is 0 Å². The van der Waals surface area contributed by atoms with Crippen LogP contribution >= 0.6 is 10.3 Å². The van der Waals surface area contributed by atoms with Crippen molar-refractivity contribution in [3.05, 3.63) is 33.1 Å². The van der Waals surface area contributed by atoms with Gasteiger partial charge in [0.15, 0.2) is 0 Å². The molecule has 1 aliphatic heterocycles. The van der Waals surface area contributed by atoms with Gasteiger partial charge in [-0.2, -0.15) is 0 Å². The van der Waals surface area contributed by atoms with E-state index in [0.29, 0.717) is 0 Å². The molecule has 1 saturated heterocycles. The Hall–Kier alpha value is -1.09. The van der Waals surface area contributed by atoms with Crippen LogP contribution in [0.2, 0.25) is 0 Å². The minimum Gasteiger partial charge on any atom is -0.394 e. The highest BCUT2D eigenvalue weighted by Crippen LogP contribution is 2.62. The van der Waals surface area contributed by atoms with E-state index in [1.807, 2.05) is 12.5 Å². The Balaban J connectivity index is 0.000000242. The van der Waals surface area contributed by atoms with Crippen LogP contribution in [0.15, 0.2) is 21.9 Å². The molecule has 0 unspecified atom stereocenters. The fraction of sp³-hybridized carbons (Fsp3) is 0.765. The van der Waals surface area contributed by atoms with E-state index in [2.05, 4.69) is 25.8 Å². The number of nitrogens with zero attached hydrogens (tertiary/aromatic N) is 1. The van der Waals surface area contributed by atoms with Crippen LogP contribution in [0, 0.1) is 5.41 Å². The zero-order valence-electron chi connectivity index (χ0n) is 15.6. The molecule has 2 heterocycles. The van der Waals surface area contributed by atoms with Crippen LogP contribution in [-0.2, 0) is 4.74 Å². The lowest BCUT2D eigenvalue weighted by atomic mass is 10.0. The maximum atomic E-state index is 11.7. The third kappa shape index (κ3) is 4.55. The molecule has 0 radical (unpaired) electrons. The molecule has 25 heavy (non-hydrogen) atoms. The summed E-state index contributed by atoms with van der Waals surface area (Å²) in [5.41, 5.74) is -0.879. The second kappa shape index (κ2) is 6.90. The van der Waals surface area contributed by atoms with Crippen molar-refractivity contribution in [2.24, 2.45) is 5.41 Å². The van der Waals surface area contributed by atoms with Crippen LogP contribution in [0.25, 0.3) is 0 Å². The summed E-state index contributed by atoms with van der Waals surface area (Å²) in [7, 11) is -1.34. The van der Waals surface area contributed by atoms with Gasteiger partial charge < -0.3 is 14.4 Å². The van der Waals surface area contributed by atoms with Crippen LogP contribution in [-0.4, -0.2) is 49.2 Å². The molecule has 144 valence electrons. The van der Waals surface area contributed by atoms with E-state index in [0.717, 1.165) is 19.3 Å². The number of aromatic nitrogens is 2. The standard InChI is InChI=1S/C11H14N2O4.C6H16OS/c14-6-7-5-11(2-3-11)9(17-7)13-4-1-8(15)12-10(13)16;1-6(2,3)8(4,5)7/h1,4,7,9,14H,2-3,5-6H2,(H,12,15,16);7H,1-5H3/t7-,9+;/m0./s1. The van der Waals surface area contributed by atoms with E-state index in [1.165, 1.54) is 16.8 Å². The lowest BCUT2D eigenvalue weighted by Gasteiger charge is -2.38. The summed E-state index contributed by atoms with van der Waals surface area (Å²) in [4.78, 5) is 24.9. The number of hydrogen-bond acceptors (Lipinski definition) is 5. The molecule has 7 nitrogen and oxygen atoms in total. The number of aliphatic hydroxyl groups is 1. The lowest BCUT2D eigenvalue weighted by Crippen LogP contribution is -2.34. The van der Waals surface area contributed by atoms with E-state index in [-0.39, 0.29) is 29.1 Å². The van der Waals surface area contributed by atoms with Gasteiger partial charge in [-0.25, -0.2) is 4.79 Å². The van der Waals surface area contributed by atoms with E-state index in [9.17, 15) is 14.1 Å². The Kier molecular flexibility index (Phi) is 5.59. The molecule has 1 aromatic heterocycles. The summed E-state index contributed by atoms with van der Waals surface area (Å²) in [5.74, 6) is 0.